The number of hydrogen-bond acceptors (Lipinski definition) is 7. The summed E-state index contributed by atoms with van der Waals surface area (Å²) in [6, 6.07) is 1.57. The van der Waals surface area contributed by atoms with Gasteiger partial charge < -0.3 is 14.7 Å². The number of piperazine rings is 1. The Bertz CT molecular complexity index is 839. The maximum atomic E-state index is 12.5. The van der Waals surface area contributed by atoms with Crippen molar-refractivity contribution in [2.24, 2.45) is 4.99 Å². The van der Waals surface area contributed by atoms with E-state index in [1.807, 2.05) is 12.4 Å². The van der Waals surface area contributed by atoms with E-state index < -0.39 is 10.0 Å². The number of aryl methyl sites for hydroxylation is 1. The normalized spacial score (nSPS) is 16.8. The van der Waals surface area contributed by atoms with Crippen LogP contribution in [0.25, 0.3) is 0 Å². The summed E-state index contributed by atoms with van der Waals surface area (Å²) in [7, 11) is -1.67. The molecule has 2 aromatic rings. The van der Waals surface area contributed by atoms with E-state index >= 15 is 0 Å². The first-order chi connectivity index (χ1) is 12.5. The van der Waals surface area contributed by atoms with Gasteiger partial charge in [0.15, 0.2) is 5.96 Å². The summed E-state index contributed by atoms with van der Waals surface area (Å²) in [6.45, 7) is 4.64. The van der Waals surface area contributed by atoms with E-state index in [9.17, 15) is 8.42 Å². The summed E-state index contributed by atoms with van der Waals surface area (Å²) >= 11 is 1.61. The second-order valence-electron chi connectivity index (χ2n) is 5.89. The Morgan fingerprint density at radius 3 is 2.73 bits per heavy atom. The van der Waals surface area contributed by atoms with Crippen LogP contribution in [0.5, 0.6) is 0 Å². The predicted molar refractivity (Wildman–Crippen MR) is 99.3 cm³/mol. The van der Waals surface area contributed by atoms with Gasteiger partial charge in [-0.05, 0) is 6.92 Å². The maximum absolute atomic E-state index is 12.5. The van der Waals surface area contributed by atoms with Crippen molar-refractivity contribution in [1.82, 2.24) is 24.7 Å². The minimum atomic E-state index is -3.40. The lowest BCUT2D eigenvalue weighted by molar-refractivity contribution is 0.260. The van der Waals surface area contributed by atoms with Crippen LogP contribution in [0.4, 0.5) is 0 Å². The van der Waals surface area contributed by atoms with E-state index in [0.29, 0.717) is 38.4 Å². The minimum absolute atomic E-state index is 0.138. The average Bonchev–Trinajstić information content (AvgIpc) is 3.27. The standard InChI is InChI=1S/C15H22N6O3S2/c1-12-14(25-11-18-12)9-17-15(16-2)20-4-6-21(7-5-20)26(22,23)10-13-3-8-24-19-13/h3,8,11H,4-7,9-10H2,1-2H3,(H,16,17). The smallest absolute Gasteiger partial charge is 0.220 e. The first-order valence-electron chi connectivity index (χ1n) is 8.21. The number of nitrogens with zero attached hydrogens (tertiary/aromatic N) is 5. The van der Waals surface area contributed by atoms with Crippen LogP contribution in [0.1, 0.15) is 16.3 Å². The van der Waals surface area contributed by atoms with Gasteiger partial charge in [0.05, 0.1) is 23.4 Å². The molecule has 1 fully saturated rings. The lowest BCUT2D eigenvalue weighted by Gasteiger charge is -2.35. The summed E-state index contributed by atoms with van der Waals surface area (Å²) in [5.41, 5.74) is 3.26. The maximum Gasteiger partial charge on any atom is 0.220 e. The van der Waals surface area contributed by atoms with Crippen molar-refractivity contribution >= 4 is 27.3 Å². The zero-order chi connectivity index (χ0) is 18.6. The fraction of sp³-hybridized carbons (Fsp3) is 0.533. The fourth-order valence-electron chi connectivity index (χ4n) is 2.76. The van der Waals surface area contributed by atoms with Gasteiger partial charge >= 0.3 is 0 Å². The highest BCUT2D eigenvalue weighted by molar-refractivity contribution is 7.88. The highest BCUT2D eigenvalue weighted by Crippen LogP contribution is 2.14. The Balaban J connectivity index is 1.54. The van der Waals surface area contributed by atoms with E-state index in [1.54, 1.807) is 24.5 Å². The summed E-state index contributed by atoms with van der Waals surface area (Å²) in [5, 5.41) is 7.01. The van der Waals surface area contributed by atoms with Crippen molar-refractivity contribution in [2.75, 3.05) is 33.2 Å². The number of aromatic nitrogens is 2. The van der Waals surface area contributed by atoms with E-state index in [0.717, 1.165) is 11.7 Å². The zero-order valence-corrected chi connectivity index (χ0v) is 16.4. The Kier molecular flexibility index (Phi) is 5.89. The lowest BCUT2D eigenvalue weighted by atomic mass is 10.3. The van der Waals surface area contributed by atoms with Crippen LogP contribution in [-0.4, -0.2) is 66.9 Å². The molecule has 0 aromatic carbocycles. The van der Waals surface area contributed by atoms with Crippen LogP contribution in [0, 0.1) is 6.92 Å². The molecule has 26 heavy (non-hydrogen) atoms. The highest BCUT2D eigenvalue weighted by atomic mass is 32.2. The molecule has 1 aliphatic rings. The molecule has 2 aromatic heterocycles. The first kappa shape index (κ1) is 18.8. The predicted octanol–water partition coefficient (Wildman–Crippen LogP) is 0.663. The fourth-order valence-corrected chi connectivity index (χ4v) is 4.90. The molecule has 1 saturated heterocycles. The molecule has 0 atom stereocenters. The van der Waals surface area contributed by atoms with E-state index in [4.69, 9.17) is 4.52 Å². The second kappa shape index (κ2) is 8.14. The van der Waals surface area contributed by atoms with Crippen LogP contribution < -0.4 is 5.32 Å². The summed E-state index contributed by atoms with van der Waals surface area (Å²) in [4.78, 5) is 11.8. The second-order valence-corrected chi connectivity index (χ2v) is 8.80. The molecule has 1 N–H and O–H groups in total. The van der Waals surface area contributed by atoms with E-state index in [-0.39, 0.29) is 5.75 Å². The number of aliphatic imine (C=N–C) groups is 1. The molecule has 0 unspecified atom stereocenters. The van der Waals surface area contributed by atoms with Gasteiger partial charge in [0.2, 0.25) is 10.0 Å². The van der Waals surface area contributed by atoms with Crippen molar-refractivity contribution in [3.63, 3.8) is 0 Å². The monoisotopic (exact) mass is 398 g/mol. The van der Waals surface area contributed by atoms with E-state index in [1.165, 1.54) is 15.4 Å². The van der Waals surface area contributed by atoms with Gasteiger partial charge in [0, 0.05) is 44.2 Å². The van der Waals surface area contributed by atoms with Gasteiger partial charge in [-0.2, -0.15) is 4.31 Å². The molecule has 142 valence electrons. The van der Waals surface area contributed by atoms with E-state index in [2.05, 4.69) is 25.3 Å². The molecule has 3 rings (SSSR count). The SMILES string of the molecule is CN=C(NCc1scnc1C)N1CCN(S(=O)(=O)Cc2ccon2)CC1. The van der Waals surface area contributed by atoms with Crippen molar-refractivity contribution in [3.05, 3.63) is 34.1 Å². The van der Waals surface area contributed by atoms with Crippen molar-refractivity contribution in [2.45, 2.75) is 19.2 Å². The highest BCUT2D eigenvalue weighted by Gasteiger charge is 2.29. The van der Waals surface area contributed by atoms with Crippen LogP contribution >= 0.6 is 11.3 Å². The first-order valence-corrected chi connectivity index (χ1v) is 10.7. The van der Waals surface area contributed by atoms with Crippen LogP contribution in [-0.2, 0) is 22.3 Å². The Labute approximate surface area is 156 Å². The lowest BCUT2D eigenvalue weighted by Crippen LogP contribution is -2.53. The number of sulfonamides is 1. The summed E-state index contributed by atoms with van der Waals surface area (Å²) < 4.78 is 31.2. The molecule has 3 heterocycles. The molecular weight excluding hydrogens is 376 g/mol. The van der Waals surface area contributed by atoms with Gasteiger partial charge in [0.25, 0.3) is 0 Å². The van der Waals surface area contributed by atoms with Gasteiger partial charge in [0.1, 0.15) is 12.0 Å². The molecule has 11 heteroatoms. The van der Waals surface area contributed by atoms with Gasteiger partial charge in [-0.3, -0.25) is 4.99 Å². The number of thiazole rings is 1. The molecular formula is C15H22N6O3S2. The van der Waals surface area contributed by atoms with Gasteiger partial charge in [-0.25, -0.2) is 13.4 Å². The summed E-state index contributed by atoms with van der Waals surface area (Å²) in [6.07, 6.45) is 1.38. The third-order valence-corrected chi connectivity index (χ3v) is 6.96. The van der Waals surface area contributed by atoms with Crippen molar-refractivity contribution in [3.8, 4) is 0 Å². The van der Waals surface area contributed by atoms with Gasteiger partial charge in [-0.1, -0.05) is 5.16 Å². The van der Waals surface area contributed by atoms with Gasteiger partial charge in [-0.15, -0.1) is 11.3 Å². The zero-order valence-electron chi connectivity index (χ0n) is 14.8. The van der Waals surface area contributed by atoms with Crippen molar-refractivity contribution < 1.29 is 12.9 Å². The number of hydrogen-bond donors (Lipinski definition) is 1. The van der Waals surface area contributed by atoms with Crippen LogP contribution in [0.2, 0.25) is 0 Å². The molecule has 0 spiro atoms. The third-order valence-electron chi connectivity index (χ3n) is 4.22. The molecule has 0 saturated carbocycles. The topological polar surface area (TPSA) is 104 Å². The molecule has 1 aliphatic heterocycles. The Morgan fingerprint density at radius 2 is 2.15 bits per heavy atom. The molecule has 0 bridgehead atoms. The number of guanidine groups is 1. The molecule has 0 radical (unpaired) electrons. The molecule has 0 aliphatic carbocycles. The third kappa shape index (κ3) is 4.40. The number of rotatable bonds is 5. The molecule has 9 nitrogen and oxygen atoms in total. The van der Waals surface area contributed by atoms with Crippen molar-refractivity contribution in [1.29, 1.82) is 0 Å². The minimum Gasteiger partial charge on any atom is -0.364 e. The Morgan fingerprint density at radius 1 is 1.38 bits per heavy atom. The van der Waals surface area contributed by atoms with Crippen LogP contribution in [0.3, 0.4) is 0 Å². The largest absolute Gasteiger partial charge is 0.364 e. The number of nitrogens with one attached hydrogen (secondary N) is 1. The average molecular weight is 399 g/mol. The molecule has 0 amide bonds. The summed E-state index contributed by atoms with van der Waals surface area (Å²) in [5.74, 6) is 0.632. The quantitative estimate of drug-likeness (QED) is 0.583. The van der Waals surface area contributed by atoms with Crippen LogP contribution in [0.15, 0.2) is 27.4 Å². The Hall–Kier alpha value is -1.98.